The smallest absolute Gasteiger partial charge is 0.234 e. The highest BCUT2D eigenvalue weighted by atomic mass is 32.2. The quantitative estimate of drug-likeness (QED) is 0.838. The number of nitrogens with zero attached hydrogens (tertiary/aromatic N) is 1. The first-order valence-corrected chi connectivity index (χ1v) is 8.81. The summed E-state index contributed by atoms with van der Waals surface area (Å²) in [6.45, 7) is 0.543. The molecule has 0 radical (unpaired) electrons. The molecule has 0 spiro atoms. The maximum atomic E-state index is 12.3. The van der Waals surface area contributed by atoms with Gasteiger partial charge in [0.15, 0.2) is 0 Å². The second-order valence-electron chi connectivity index (χ2n) is 4.88. The van der Waals surface area contributed by atoms with E-state index in [2.05, 4.69) is 6.07 Å². The number of hydrogen-bond acceptors (Lipinski definition) is 5. The zero-order valence-electron chi connectivity index (χ0n) is 12.4. The Balaban J connectivity index is 1.86. The van der Waals surface area contributed by atoms with Crippen LogP contribution < -0.4 is 9.47 Å². The van der Waals surface area contributed by atoms with Gasteiger partial charge in [-0.05, 0) is 23.6 Å². The number of amides is 1. The maximum Gasteiger partial charge on any atom is 0.234 e. The van der Waals surface area contributed by atoms with Crippen molar-refractivity contribution in [2.75, 3.05) is 20.0 Å². The number of benzene rings is 1. The molecule has 1 unspecified atom stereocenters. The molecule has 116 valence electrons. The maximum absolute atomic E-state index is 12.3. The molecule has 0 aliphatic carbocycles. The average Bonchev–Trinajstić information content (AvgIpc) is 3.18. The molecule has 22 heavy (non-hydrogen) atoms. The van der Waals surface area contributed by atoms with Crippen molar-refractivity contribution in [2.45, 2.75) is 11.9 Å². The van der Waals surface area contributed by atoms with Crippen LogP contribution in [0.4, 0.5) is 0 Å². The Morgan fingerprint density at radius 3 is 2.82 bits per heavy atom. The molecule has 1 fully saturated rings. The molecule has 0 bridgehead atoms. The van der Waals surface area contributed by atoms with E-state index < -0.39 is 0 Å². The van der Waals surface area contributed by atoms with Crippen molar-refractivity contribution >= 4 is 29.0 Å². The fraction of sp³-hybridized carbons (Fsp3) is 0.312. The molecule has 2 heterocycles. The molecule has 1 atom stereocenters. The van der Waals surface area contributed by atoms with Crippen LogP contribution in [0.3, 0.4) is 0 Å². The summed E-state index contributed by atoms with van der Waals surface area (Å²) in [5, 5.41) is 2.14. The van der Waals surface area contributed by atoms with E-state index >= 15 is 0 Å². The number of ether oxygens (including phenoxy) is 2. The first-order chi connectivity index (χ1) is 10.7. The Bertz CT molecular complexity index is 657. The van der Waals surface area contributed by atoms with E-state index in [0.29, 0.717) is 12.3 Å². The van der Waals surface area contributed by atoms with Gasteiger partial charge in [-0.25, -0.2) is 0 Å². The SMILES string of the molecule is COc1ccc(CN2C(=O)CSC2c2cccs2)c(OC)c1. The number of thiophene rings is 1. The number of carbonyl (C=O) groups excluding carboxylic acids is 1. The van der Waals surface area contributed by atoms with Crippen LogP contribution >= 0.6 is 23.1 Å². The third-order valence-electron chi connectivity index (χ3n) is 3.59. The number of methoxy groups -OCH3 is 2. The summed E-state index contributed by atoms with van der Waals surface area (Å²) < 4.78 is 10.7. The number of thioether (sulfide) groups is 1. The molecule has 1 saturated heterocycles. The van der Waals surface area contributed by atoms with Crippen LogP contribution in [0.5, 0.6) is 11.5 Å². The lowest BCUT2D eigenvalue weighted by atomic mass is 10.1. The summed E-state index contributed by atoms with van der Waals surface area (Å²) in [5.74, 6) is 2.19. The van der Waals surface area contributed by atoms with Gasteiger partial charge in [0.25, 0.3) is 0 Å². The zero-order chi connectivity index (χ0) is 15.5. The third kappa shape index (κ3) is 2.94. The van der Waals surface area contributed by atoms with Gasteiger partial charge in [-0.1, -0.05) is 6.07 Å². The fourth-order valence-electron chi connectivity index (χ4n) is 2.46. The van der Waals surface area contributed by atoms with Crippen LogP contribution in [0.1, 0.15) is 15.8 Å². The largest absolute Gasteiger partial charge is 0.497 e. The average molecular weight is 335 g/mol. The summed E-state index contributed by atoms with van der Waals surface area (Å²) in [7, 11) is 3.26. The predicted octanol–water partition coefficient (Wildman–Crippen LogP) is 3.54. The molecule has 1 aromatic carbocycles. The zero-order valence-corrected chi connectivity index (χ0v) is 14.1. The normalized spacial score (nSPS) is 17.8. The Kier molecular flexibility index (Phi) is 4.59. The third-order valence-corrected chi connectivity index (χ3v) is 5.90. The second kappa shape index (κ2) is 6.62. The summed E-state index contributed by atoms with van der Waals surface area (Å²) in [5.41, 5.74) is 0.987. The van der Waals surface area contributed by atoms with Gasteiger partial charge in [-0.3, -0.25) is 4.79 Å². The van der Waals surface area contributed by atoms with Crippen LogP contribution in [-0.4, -0.2) is 30.8 Å². The van der Waals surface area contributed by atoms with Crippen LogP contribution in [0.15, 0.2) is 35.7 Å². The Morgan fingerprint density at radius 2 is 2.14 bits per heavy atom. The van der Waals surface area contributed by atoms with Crippen molar-refractivity contribution in [1.29, 1.82) is 0 Å². The molecule has 1 aliphatic rings. The van der Waals surface area contributed by atoms with E-state index in [1.54, 1.807) is 37.3 Å². The summed E-state index contributed by atoms with van der Waals surface area (Å²) in [6, 6.07) is 9.81. The molecule has 0 saturated carbocycles. The molecule has 0 N–H and O–H groups in total. The van der Waals surface area contributed by atoms with Crippen LogP contribution in [0, 0.1) is 0 Å². The van der Waals surface area contributed by atoms with Crippen molar-refractivity contribution in [3.05, 3.63) is 46.2 Å². The highest BCUT2D eigenvalue weighted by molar-refractivity contribution is 8.00. The molecule has 1 amide bonds. The van der Waals surface area contributed by atoms with E-state index in [9.17, 15) is 4.79 Å². The van der Waals surface area contributed by atoms with Gasteiger partial charge in [0.2, 0.25) is 5.91 Å². The minimum atomic E-state index is 0.0966. The van der Waals surface area contributed by atoms with Crippen molar-refractivity contribution in [3.63, 3.8) is 0 Å². The Labute approximate surface area is 138 Å². The first kappa shape index (κ1) is 15.2. The summed E-state index contributed by atoms with van der Waals surface area (Å²) in [6.07, 6.45) is 0. The monoisotopic (exact) mass is 335 g/mol. The van der Waals surface area contributed by atoms with E-state index in [1.165, 1.54) is 4.88 Å². The van der Waals surface area contributed by atoms with Gasteiger partial charge in [-0.2, -0.15) is 0 Å². The highest BCUT2D eigenvalue weighted by Gasteiger charge is 2.33. The molecular weight excluding hydrogens is 318 g/mol. The van der Waals surface area contributed by atoms with Crippen molar-refractivity contribution in [1.82, 2.24) is 4.90 Å². The second-order valence-corrected chi connectivity index (χ2v) is 6.93. The van der Waals surface area contributed by atoms with E-state index in [0.717, 1.165) is 17.1 Å². The molecule has 1 aromatic heterocycles. The predicted molar refractivity (Wildman–Crippen MR) is 89.6 cm³/mol. The standard InChI is InChI=1S/C16H17NO3S2/c1-19-12-6-5-11(13(8-12)20-2)9-17-15(18)10-22-16(17)14-4-3-7-21-14/h3-8,16H,9-10H2,1-2H3. The molecule has 2 aromatic rings. The lowest BCUT2D eigenvalue weighted by Gasteiger charge is -2.24. The van der Waals surface area contributed by atoms with Gasteiger partial charge in [0.1, 0.15) is 16.9 Å². The molecule has 1 aliphatic heterocycles. The first-order valence-electron chi connectivity index (χ1n) is 6.88. The van der Waals surface area contributed by atoms with E-state index in [1.807, 2.05) is 34.5 Å². The van der Waals surface area contributed by atoms with Crippen molar-refractivity contribution < 1.29 is 14.3 Å². The van der Waals surface area contributed by atoms with E-state index in [4.69, 9.17) is 9.47 Å². The van der Waals surface area contributed by atoms with E-state index in [-0.39, 0.29) is 11.3 Å². The molecule has 6 heteroatoms. The summed E-state index contributed by atoms with van der Waals surface area (Å²) in [4.78, 5) is 15.4. The Hall–Kier alpha value is -1.66. The van der Waals surface area contributed by atoms with Crippen LogP contribution in [0.25, 0.3) is 0 Å². The van der Waals surface area contributed by atoms with Crippen LogP contribution in [0.2, 0.25) is 0 Å². The molecule has 3 rings (SSSR count). The fourth-order valence-corrected chi connectivity index (χ4v) is 4.63. The van der Waals surface area contributed by atoms with Gasteiger partial charge in [0.05, 0.1) is 26.5 Å². The van der Waals surface area contributed by atoms with Crippen molar-refractivity contribution in [2.24, 2.45) is 0 Å². The van der Waals surface area contributed by atoms with Gasteiger partial charge in [0, 0.05) is 16.5 Å². The minimum absolute atomic E-state index is 0.0966. The number of hydrogen-bond donors (Lipinski definition) is 0. The van der Waals surface area contributed by atoms with Crippen molar-refractivity contribution in [3.8, 4) is 11.5 Å². The molecule has 4 nitrogen and oxygen atoms in total. The summed E-state index contributed by atoms with van der Waals surface area (Å²) >= 11 is 3.36. The lowest BCUT2D eigenvalue weighted by Crippen LogP contribution is -2.27. The topological polar surface area (TPSA) is 38.8 Å². The van der Waals surface area contributed by atoms with Gasteiger partial charge >= 0.3 is 0 Å². The van der Waals surface area contributed by atoms with Crippen LogP contribution in [-0.2, 0) is 11.3 Å². The number of carbonyl (C=O) groups is 1. The lowest BCUT2D eigenvalue weighted by molar-refractivity contribution is -0.128. The number of rotatable bonds is 5. The van der Waals surface area contributed by atoms with Gasteiger partial charge in [-0.15, -0.1) is 23.1 Å². The Morgan fingerprint density at radius 1 is 1.27 bits per heavy atom. The minimum Gasteiger partial charge on any atom is -0.497 e. The van der Waals surface area contributed by atoms with Gasteiger partial charge < -0.3 is 14.4 Å². The molecular formula is C16H17NO3S2. The highest BCUT2D eigenvalue weighted by Crippen LogP contribution is 2.42.